The Morgan fingerprint density at radius 3 is 1.95 bits per heavy atom. The van der Waals surface area contributed by atoms with Crippen LogP contribution in [-0.4, -0.2) is 16.7 Å². The van der Waals surface area contributed by atoms with E-state index >= 15 is 0 Å². The molecule has 0 saturated carbocycles. The Labute approximate surface area is 130 Å². The van der Waals surface area contributed by atoms with Crippen molar-refractivity contribution in [2.45, 2.75) is 26.4 Å². The lowest BCUT2D eigenvalue weighted by Crippen LogP contribution is -2.22. The second kappa shape index (κ2) is 6.48. The van der Waals surface area contributed by atoms with Crippen LogP contribution < -0.4 is 0 Å². The van der Waals surface area contributed by atoms with E-state index in [1.807, 2.05) is 57.2 Å². The van der Waals surface area contributed by atoms with E-state index in [0.29, 0.717) is 0 Å². The third-order valence-corrected chi connectivity index (χ3v) is 2.93. The van der Waals surface area contributed by atoms with E-state index in [0.717, 1.165) is 16.7 Å². The Morgan fingerprint density at radius 1 is 0.955 bits per heavy atom. The number of carbonyl (C=O) groups excluding carboxylic acids is 1. The molecular weight excluding hydrogens is 276 g/mol. The van der Waals surface area contributed by atoms with E-state index in [9.17, 15) is 9.90 Å². The van der Waals surface area contributed by atoms with E-state index in [1.165, 1.54) is 6.08 Å². The van der Waals surface area contributed by atoms with Gasteiger partial charge in [0.25, 0.3) is 0 Å². The summed E-state index contributed by atoms with van der Waals surface area (Å²) in [6, 6.07) is 14.9. The number of hydrogen-bond acceptors (Lipinski definition) is 3. The van der Waals surface area contributed by atoms with E-state index in [1.54, 1.807) is 18.2 Å². The average Bonchev–Trinajstić information content (AvgIpc) is 2.45. The van der Waals surface area contributed by atoms with Crippen molar-refractivity contribution in [2.24, 2.45) is 0 Å². The van der Waals surface area contributed by atoms with E-state index < -0.39 is 5.60 Å². The molecule has 0 aromatic heterocycles. The fraction of sp³-hybridized carbons (Fsp3) is 0.211. The first kappa shape index (κ1) is 15.8. The quantitative estimate of drug-likeness (QED) is 0.674. The summed E-state index contributed by atoms with van der Waals surface area (Å²) in [4.78, 5) is 11.6. The van der Waals surface area contributed by atoms with E-state index in [4.69, 9.17) is 4.74 Å². The van der Waals surface area contributed by atoms with Gasteiger partial charge in [-0.05, 0) is 55.7 Å². The highest BCUT2D eigenvalue weighted by atomic mass is 16.6. The summed E-state index contributed by atoms with van der Waals surface area (Å²) < 4.78 is 5.21. The molecule has 0 amide bonds. The van der Waals surface area contributed by atoms with Crippen LogP contribution in [0.3, 0.4) is 0 Å². The number of benzene rings is 2. The number of rotatable bonds is 3. The second-order valence-corrected chi connectivity index (χ2v) is 6.04. The Morgan fingerprint density at radius 2 is 1.45 bits per heavy atom. The number of ether oxygens (including phenoxy) is 1. The van der Waals surface area contributed by atoms with E-state index in [-0.39, 0.29) is 11.7 Å². The number of hydrogen-bond donors (Lipinski definition) is 1. The minimum Gasteiger partial charge on any atom is -0.508 e. The number of esters is 1. The molecule has 0 saturated heterocycles. The van der Waals surface area contributed by atoms with Crippen molar-refractivity contribution in [3.05, 3.63) is 60.2 Å². The molecule has 0 spiro atoms. The summed E-state index contributed by atoms with van der Waals surface area (Å²) >= 11 is 0. The van der Waals surface area contributed by atoms with Crippen molar-refractivity contribution >= 4 is 12.0 Å². The summed E-state index contributed by atoms with van der Waals surface area (Å²) in [6.07, 6.45) is 3.16. The molecule has 0 unspecified atom stereocenters. The van der Waals surface area contributed by atoms with Gasteiger partial charge in [0.05, 0.1) is 0 Å². The number of phenolic OH excluding ortho intramolecular Hbond substituents is 1. The first-order valence-corrected chi connectivity index (χ1v) is 7.14. The highest BCUT2D eigenvalue weighted by Gasteiger charge is 2.13. The lowest BCUT2D eigenvalue weighted by Gasteiger charge is -2.17. The summed E-state index contributed by atoms with van der Waals surface area (Å²) in [7, 11) is 0. The predicted octanol–water partition coefficient (Wildman–Crippen LogP) is 4.41. The van der Waals surface area contributed by atoms with Crippen LogP contribution in [0.1, 0.15) is 26.3 Å². The molecule has 3 heteroatoms. The van der Waals surface area contributed by atoms with E-state index in [2.05, 4.69) is 0 Å². The summed E-state index contributed by atoms with van der Waals surface area (Å²) in [5.74, 6) is -0.101. The Kier molecular flexibility index (Phi) is 4.66. The maximum Gasteiger partial charge on any atom is 0.331 e. The Balaban J connectivity index is 2.06. The van der Waals surface area contributed by atoms with Crippen molar-refractivity contribution in [1.82, 2.24) is 0 Å². The van der Waals surface area contributed by atoms with Gasteiger partial charge in [0.2, 0.25) is 0 Å². The molecule has 0 aliphatic rings. The van der Waals surface area contributed by atoms with Crippen LogP contribution in [0.2, 0.25) is 0 Å². The van der Waals surface area contributed by atoms with Crippen LogP contribution in [-0.2, 0) is 9.53 Å². The van der Waals surface area contributed by atoms with Crippen molar-refractivity contribution in [3.8, 4) is 16.9 Å². The number of phenols is 1. The van der Waals surface area contributed by atoms with Crippen molar-refractivity contribution in [1.29, 1.82) is 0 Å². The third-order valence-electron chi connectivity index (χ3n) is 2.93. The van der Waals surface area contributed by atoms with Crippen LogP contribution in [0.25, 0.3) is 17.2 Å². The highest BCUT2D eigenvalue weighted by molar-refractivity contribution is 5.87. The zero-order valence-corrected chi connectivity index (χ0v) is 13.0. The maximum atomic E-state index is 11.6. The Bertz CT molecular complexity index is 659. The second-order valence-electron chi connectivity index (χ2n) is 6.04. The molecule has 3 nitrogen and oxygen atoms in total. The Hall–Kier alpha value is -2.55. The third kappa shape index (κ3) is 4.77. The van der Waals surface area contributed by atoms with Gasteiger partial charge in [-0.15, -0.1) is 0 Å². The summed E-state index contributed by atoms with van der Waals surface area (Å²) in [5, 5.41) is 9.30. The van der Waals surface area contributed by atoms with Gasteiger partial charge in [-0.2, -0.15) is 0 Å². The number of carbonyl (C=O) groups is 1. The molecule has 0 heterocycles. The molecule has 1 N–H and O–H groups in total. The number of aromatic hydroxyl groups is 1. The first-order chi connectivity index (χ1) is 10.3. The zero-order valence-electron chi connectivity index (χ0n) is 13.0. The lowest BCUT2D eigenvalue weighted by molar-refractivity contribution is -0.148. The first-order valence-electron chi connectivity index (χ1n) is 7.14. The van der Waals surface area contributed by atoms with Crippen LogP contribution in [0, 0.1) is 0 Å². The minimum atomic E-state index is -0.482. The summed E-state index contributed by atoms with van der Waals surface area (Å²) in [5.41, 5.74) is 2.52. The molecule has 2 aromatic carbocycles. The van der Waals surface area contributed by atoms with Gasteiger partial charge < -0.3 is 9.84 Å². The fourth-order valence-corrected chi connectivity index (χ4v) is 1.94. The van der Waals surface area contributed by atoms with Crippen molar-refractivity contribution in [2.75, 3.05) is 0 Å². The van der Waals surface area contributed by atoms with Crippen molar-refractivity contribution in [3.63, 3.8) is 0 Å². The van der Waals surface area contributed by atoms with Gasteiger partial charge in [-0.3, -0.25) is 0 Å². The van der Waals surface area contributed by atoms with Gasteiger partial charge in [-0.25, -0.2) is 4.79 Å². The molecule has 2 aromatic rings. The molecular formula is C19H20O3. The van der Waals surface area contributed by atoms with Crippen LogP contribution >= 0.6 is 0 Å². The standard InChI is InChI=1S/C19H20O3/c1-19(2,3)22-18(21)13-6-14-4-7-15(8-5-14)16-9-11-17(20)12-10-16/h4-13,20H,1-3H3. The molecule has 0 radical (unpaired) electrons. The minimum absolute atomic E-state index is 0.251. The normalized spacial score (nSPS) is 11.6. The zero-order chi connectivity index (χ0) is 16.2. The molecule has 0 aliphatic carbocycles. The fourth-order valence-electron chi connectivity index (χ4n) is 1.94. The van der Waals surface area contributed by atoms with Gasteiger partial charge in [-0.1, -0.05) is 36.4 Å². The maximum absolute atomic E-state index is 11.6. The van der Waals surface area contributed by atoms with Gasteiger partial charge >= 0.3 is 5.97 Å². The molecule has 114 valence electrons. The van der Waals surface area contributed by atoms with Crippen LogP contribution in [0.15, 0.2) is 54.6 Å². The SMILES string of the molecule is CC(C)(C)OC(=O)C=Cc1ccc(-c2ccc(O)cc2)cc1. The predicted molar refractivity (Wildman–Crippen MR) is 88.4 cm³/mol. The molecule has 0 atom stereocenters. The molecule has 2 rings (SSSR count). The van der Waals surface area contributed by atoms with Gasteiger partial charge in [0, 0.05) is 6.08 Å². The average molecular weight is 296 g/mol. The smallest absolute Gasteiger partial charge is 0.331 e. The monoisotopic (exact) mass is 296 g/mol. The topological polar surface area (TPSA) is 46.5 Å². The summed E-state index contributed by atoms with van der Waals surface area (Å²) in [6.45, 7) is 5.52. The highest BCUT2D eigenvalue weighted by Crippen LogP contribution is 2.22. The van der Waals surface area contributed by atoms with Gasteiger partial charge in [0.1, 0.15) is 11.4 Å². The van der Waals surface area contributed by atoms with Crippen LogP contribution in [0.5, 0.6) is 5.75 Å². The lowest BCUT2D eigenvalue weighted by atomic mass is 10.0. The van der Waals surface area contributed by atoms with Crippen molar-refractivity contribution < 1.29 is 14.6 Å². The van der Waals surface area contributed by atoms with Gasteiger partial charge in [0.15, 0.2) is 0 Å². The van der Waals surface area contributed by atoms with Crippen LogP contribution in [0.4, 0.5) is 0 Å². The molecule has 22 heavy (non-hydrogen) atoms. The largest absolute Gasteiger partial charge is 0.508 e. The molecule has 0 fully saturated rings. The molecule has 0 bridgehead atoms. The molecule has 0 aliphatic heterocycles.